The van der Waals surface area contributed by atoms with Crippen LogP contribution in [-0.4, -0.2) is 27.1 Å². The van der Waals surface area contributed by atoms with Crippen LogP contribution in [-0.2, 0) is 0 Å². The fourth-order valence-electron chi connectivity index (χ4n) is 0.824. The molecule has 0 amide bonds. The maximum atomic E-state index is 11.0. The minimum Gasteiger partial charge on any atom is -0.477 e. The van der Waals surface area contributed by atoms with Crippen LogP contribution >= 0.6 is 0 Å². The van der Waals surface area contributed by atoms with E-state index in [4.69, 9.17) is 9.84 Å². The lowest BCUT2D eigenvalue weighted by molar-refractivity contribution is 0.0687. The van der Waals surface area contributed by atoms with E-state index in [0.29, 0.717) is 0 Å². The molecule has 1 aromatic heterocycles. The third-order valence-corrected chi connectivity index (χ3v) is 1.29. The van der Waals surface area contributed by atoms with E-state index in [9.17, 15) is 9.59 Å². The molecule has 0 aromatic carbocycles. The molecule has 1 rings (SSSR count). The zero-order valence-corrected chi connectivity index (χ0v) is 7.77. The van der Waals surface area contributed by atoms with Gasteiger partial charge in [0.1, 0.15) is 0 Å². The molecule has 0 saturated carbocycles. The lowest BCUT2D eigenvalue weighted by Crippen LogP contribution is -2.17. The average Bonchev–Trinajstić information content (AvgIpc) is 2.01. The Morgan fingerprint density at radius 3 is 2.79 bits per heavy atom. The molecule has 14 heavy (non-hydrogen) atoms. The monoisotopic (exact) mass is 198 g/mol. The summed E-state index contributed by atoms with van der Waals surface area (Å²) in [7, 11) is 0. The van der Waals surface area contributed by atoms with E-state index in [1.807, 2.05) is 0 Å². The standard InChI is InChI=1S/C8H10N2O4/c1-4(2)14-8-9-5(7(12)13)3-6(11)10-8/h3-4H,1-2H3,(H,12,13)(H,9,10,11). The molecule has 0 unspecified atom stereocenters. The number of aromatic nitrogens is 2. The highest BCUT2D eigenvalue weighted by atomic mass is 16.5. The van der Waals surface area contributed by atoms with Gasteiger partial charge < -0.3 is 9.84 Å². The van der Waals surface area contributed by atoms with Gasteiger partial charge in [0.2, 0.25) is 0 Å². The summed E-state index contributed by atoms with van der Waals surface area (Å²) in [4.78, 5) is 27.4. The van der Waals surface area contributed by atoms with E-state index in [2.05, 4.69) is 9.97 Å². The van der Waals surface area contributed by atoms with E-state index < -0.39 is 11.5 Å². The Bertz CT molecular complexity index is 397. The van der Waals surface area contributed by atoms with Gasteiger partial charge in [0.15, 0.2) is 5.69 Å². The molecular formula is C8H10N2O4. The van der Waals surface area contributed by atoms with Crippen molar-refractivity contribution < 1.29 is 14.6 Å². The molecule has 0 spiro atoms. The molecule has 0 aliphatic rings. The summed E-state index contributed by atoms with van der Waals surface area (Å²) in [6, 6.07) is 0.820. The predicted octanol–water partition coefficient (Wildman–Crippen LogP) is 0.255. The summed E-state index contributed by atoms with van der Waals surface area (Å²) in [5, 5.41) is 8.60. The second-order valence-corrected chi connectivity index (χ2v) is 2.91. The first-order valence-electron chi connectivity index (χ1n) is 4.00. The van der Waals surface area contributed by atoms with Gasteiger partial charge in [-0.25, -0.2) is 4.79 Å². The van der Waals surface area contributed by atoms with Crippen molar-refractivity contribution in [1.82, 2.24) is 9.97 Å². The Kier molecular flexibility index (Phi) is 2.85. The number of aromatic carboxylic acids is 1. The Morgan fingerprint density at radius 1 is 1.64 bits per heavy atom. The van der Waals surface area contributed by atoms with Gasteiger partial charge in [0.25, 0.3) is 11.6 Å². The second kappa shape index (κ2) is 3.91. The zero-order chi connectivity index (χ0) is 10.7. The lowest BCUT2D eigenvalue weighted by atomic mass is 10.4. The maximum Gasteiger partial charge on any atom is 0.354 e. The molecule has 0 saturated heterocycles. The summed E-state index contributed by atoms with van der Waals surface area (Å²) in [6.07, 6.45) is -0.179. The SMILES string of the molecule is CC(C)Oc1nc(C(=O)O)cc(=O)[nH]1. The van der Waals surface area contributed by atoms with Crippen LogP contribution in [0.25, 0.3) is 0 Å². The normalized spacial score (nSPS) is 10.2. The minimum atomic E-state index is -1.26. The molecule has 0 aliphatic carbocycles. The Labute approximate surface area is 79.6 Å². The quantitative estimate of drug-likeness (QED) is 0.726. The summed E-state index contributed by atoms with van der Waals surface area (Å²) in [5.74, 6) is -1.26. The van der Waals surface area contributed by atoms with Crippen molar-refractivity contribution in [3.63, 3.8) is 0 Å². The number of H-pyrrole nitrogens is 1. The zero-order valence-electron chi connectivity index (χ0n) is 7.77. The first kappa shape index (κ1) is 10.2. The lowest BCUT2D eigenvalue weighted by Gasteiger charge is -2.07. The van der Waals surface area contributed by atoms with Gasteiger partial charge in [0, 0.05) is 6.07 Å². The molecule has 6 heteroatoms. The van der Waals surface area contributed by atoms with Gasteiger partial charge in [-0.3, -0.25) is 9.78 Å². The molecule has 1 heterocycles. The van der Waals surface area contributed by atoms with Crippen LogP contribution in [0.1, 0.15) is 24.3 Å². The largest absolute Gasteiger partial charge is 0.477 e. The predicted molar refractivity (Wildman–Crippen MR) is 47.6 cm³/mol. The van der Waals surface area contributed by atoms with Crippen molar-refractivity contribution in [2.45, 2.75) is 20.0 Å². The molecular weight excluding hydrogens is 188 g/mol. The van der Waals surface area contributed by atoms with Crippen LogP contribution in [0.5, 0.6) is 6.01 Å². The molecule has 0 aliphatic heterocycles. The van der Waals surface area contributed by atoms with Gasteiger partial charge in [-0.2, -0.15) is 4.98 Å². The van der Waals surface area contributed by atoms with Crippen LogP contribution in [0.2, 0.25) is 0 Å². The van der Waals surface area contributed by atoms with Gasteiger partial charge >= 0.3 is 5.97 Å². The average molecular weight is 198 g/mol. The highest BCUT2D eigenvalue weighted by molar-refractivity contribution is 5.85. The number of carboxylic acid groups (broad SMARTS) is 1. The smallest absolute Gasteiger partial charge is 0.354 e. The van der Waals surface area contributed by atoms with E-state index in [0.717, 1.165) is 6.07 Å². The number of ether oxygens (including phenoxy) is 1. The van der Waals surface area contributed by atoms with Crippen molar-refractivity contribution in [3.8, 4) is 6.01 Å². The summed E-state index contributed by atoms with van der Waals surface area (Å²) < 4.78 is 5.06. The van der Waals surface area contributed by atoms with Gasteiger partial charge in [-0.1, -0.05) is 0 Å². The molecule has 1 aromatic rings. The number of carbonyl (C=O) groups is 1. The second-order valence-electron chi connectivity index (χ2n) is 2.91. The van der Waals surface area contributed by atoms with Gasteiger partial charge in [-0.05, 0) is 13.8 Å². The Morgan fingerprint density at radius 2 is 2.29 bits per heavy atom. The van der Waals surface area contributed by atoms with Crippen LogP contribution < -0.4 is 10.3 Å². The summed E-state index contributed by atoms with van der Waals surface area (Å²) in [6.45, 7) is 3.49. The van der Waals surface area contributed by atoms with Crippen LogP contribution in [0, 0.1) is 0 Å². The van der Waals surface area contributed by atoms with Crippen molar-refractivity contribution in [2.24, 2.45) is 0 Å². The molecule has 6 nitrogen and oxygen atoms in total. The van der Waals surface area contributed by atoms with Crippen LogP contribution in [0.3, 0.4) is 0 Å². The van der Waals surface area contributed by atoms with Gasteiger partial charge in [0.05, 0.1) is 6.10 Å². The number of carboxylic acids is 1. The number of hydrogen-bond acceptors (Lipinski definition) is 4. The van der Waals surface area contributed by atoms with E-state index in [1.54, 1.807) is 13.8 Å². The highest BCUT2D eigenvalue weighted by Crippen LogP contribution is 2.02. The fraction of sp³-hybridized carbons (Fsp3) is 0.375. The minimum absolute atomic E-state index is 0.0788. The Hall–Kier alpha value is -1.85. The van der Waals surface area contributed by atoms with E-state index in [-0.39, 0.29) is 17.8 Å². The number of aromatic amines is 1. The molecule has 76 valence electrons. The van der Waals surface area contributed by atoms with Crippen molar-refractivity contribution in [2.75, 3.05) is 0 Å². The molecule has 0 bridgehead atoms. The number of nitrogens with one attached hydrogen (secondary N) is 1. The molecule has 0 atom stereocenters. The van der Waals surface area contributed by atoms with Crippen LogP contribution in [0.4, 0.5) is 0 Å². The summed E-state index contributed by atoms with van der Waals surface area (Å²) >= 11 is 0. The Balaban J connectivity index is 3.07. The molecule has 0 fully saturated rings. The third-order valence-electron chi connectivity index (χ3n) is 1.29. The van der Waals surface area contributed by atoms with Crippen molar-refractivity contribution in [1.29, 1.82) is 0 Å². The number of hydrogen-bond donors (Lipinski definition) is 2. The number of nitrogens with zero attached hydrogens (tertiary/aromatic N) is 1. The first-order chi connectivity index (χ1) is 6.49. The van der Waals surface area contributed by atoms with Crippen LogP contribution in [0.15, 0.2) is 10.9 Å². The molecule has 0 radical (unpaired) electrons. The van der Waals surface area contributed by atoms with E-state index in [1.165, 1.54) is 0 Å². The van der Waals surface area contributed by atoms with Gasteiger partial charge in [-0.15, -0.1) is 0 Å². The summed E-state index contributed by atoms with van der Waals surface area (Å²) in [5.41, 5.74) is -0.877. The first-order valence-corrected chi connectivity index (χ1v) is 4.00. The topological polar surface area (TPSA) is 92.3 Å². The third kappa shape index (κ3) is 2.58. The van der Waals surface area contributed by atoms with Crippen molar-refractivity contribution >= 4 is 5.97 Å². The number of rotatable bonds is 3. The van der Waals surface area contributed by atoms with Crippen molar-refractivity contribution in [3.05, 3.63) is 22.1 Å². The maximum absolute atomic E-state index is 11.0. The fourth-order valence-corrected chi connectivity index (χ4v) is 0.824. The van der Waals surface area contributed by atoms with E-state index >= 15 is 0 Å². The molecule has 2 N–H and O–H groups in total. The highest BCUT2D eigenvalue weighted by Gasteiger charge is 2.09.